The molecular weight excluding hydrogens is 221 g/mol. The van der Waals surface area contributed by atoms with Crippen molar-refractivity contribution < 1.29 is 18.4 Å². The van der Waals surface area contributed by atoms with Crippen molar-refractivity contribution in [3.05, 3.63) is 28.8 Å². The monoisotopic (exact) mass is 226 g/mol. The maximum atomic E-state index is 12.2. The third-order valence-electron chi connectivity index (χ3n) is 1.48. The molecule has 1 rings (SSSR count). The quantitative estimate of drug-likeness (QED) is 0.680. The highest BCUT2D eigenvalue weighted by Gasteiger charge is 2.30. The number of rotatable bonds is 2. The molecule has 0 bridgehead atoms. The molecule has 3 nitrogen and oxygen atoms in total. The van der Waals surface area contributed by atoms with Crippen LogP contribution in [0.2, 0.25) is 5.02 Å². The molecule has 0 saturated heterocycles. The summed E-state index contributed by atoms with van der Waals surface area (Å²) in [6.45, 7) is 0. The molecule has 7 heteroatoms. The summed E-state index contributed by atoms with van der Waals surface area (Å²) in [7, 11) is 0. The number of nitrogens with one attached hydrogen (secondary N) is 2. The van der Waals surface area contributed by atoms with Crippen LogP contribution < -0.4 is 11.0 Å². The normalized spacial score (nSPS) is 11.5. The second kappa shape index (κ2) is 4.04. The molecular formula is C7H6ClF3N2O. The van der Waals surface area contributed by atoms with Crippen molar-refractivity contribution in [2.75, 3.05) is 5.43 Å². The molecule has 1 aromatic rings. The third-order valence-corrected chi connectivity index (χ3v) is 1.81. The first kappa shape index (κ1) is 11.1. The predicted octanol–water partition coefficient (Wildman–Crippen LogP) is 2.66. The molecule has 0 aliphatic carbocycles. The topological polar surface area (TPSA) is 44.3 Å². The van der Waals surface area contributed by atoms with Crippen LogP contribution >= 0.6 is 11.6 Å². The van der Waals surface area contributed by atoms with Crippen molar-refractivity contribution in [3.8, 4) is 0 Å². The number of halogens is 4. The van der Waals surface area contributed by atoms with Gasteiger partial charge in [0.15, 0.2) is 0 Å². The number of hydrogen-bond donors (Lipinski definition) is 3. The van der Waals surface area contributed by atoms with Crippen molar-refractivity contribution in [1.82, 2.24) is 5.59 Å². The maximum Gasteiger partial charge on any atom is 0.416 e. The Morgan fingerprint density at radius 2 is 1.93 bits per heavy atom. The van der Waals surface area contributed by atoms with Crippen molar-refractivity contribution in [3.63, 3.8) is 0 Å². The van der Waals surface area contributed by atoms with Crippen LogP contribution in [0.5, 0.6) is 0 Å². The van der Waals surface area contributed by atoms with Crippen LogP contribution in [0.3, 0.4) is 0 Å². The molecule has 0 aromatic heterocycles. The lowest BCUT2D eigenvalue weighted by atomic mass is 10.2. The van der Waals surface area contributed by atoms with Gasteiger partial charge in [0.25, 0.3) is 0 Å². The molecule has 0 atom stereocenters. The van der Waals surface area contributed by atoms with Gasteiger partial charge >= 0.3 is 6.18 Å². The molecule has 0 spiro atoms. The first-order chi connectivity index (χ1) is 6.45. The van der Waals surface area contributed by atoms with Gasteiger partial charge in [0.05, 0.1) is 16.3 Å². The molecule has 0 heterocycles. The van der Waals surface area contributed by atoms with Crippen LogP contribution in [0.15, 0.2) is 18.2 Å². The molecule has 1 aromatic carbocycles. The summed E-state index contributed by atoms with van der Waals surface area (Å²) >= 11 is 5.54. The minimum Gasteiger partial charge on any atom is -0.298 e. The standard InChI is InChI=1S/C7H6ClF3N2O/c8-5-2-1-4(7(9,10)11)3-6(5)12-13-14/h1-3,12-14H. The van der Waals surface area contributed by atoms with Crippen molar-refractivity contribution in [1.29, 1.82) is 0 Å². The second-order valence-corrected chi connectivity index (χ2v) is 2.84. The van der Waals surface area contributed by atoms with E-state index in [1.165, 1.54) is 5.59 Å². The van der Waals surface area contributed by atoms with E-state index in [1.54, 1.807) is 0 Å². The van der Waals surface area contributed by atoms with E-state index < -0.39 is 11.7 Å². The Bertz CT molecular complexity index is 329. The number of alkyl halides is 3. The highest BCUT2D eigenvalue weighted by atomic mass is 35.5. The predicted molar refractivity (Wildman–Crippen MR) is 45.0 cm³/mol. The largest absolute Gasteiger partial charge is 0.416 e. The summed E-state index contributed by atoms with van der Waals surface area (Å²) in [5, 5.41) is 8.31. The van der Waals surface area contributed by atoms with Gasteiger partial charge in [0, 0.05) is 0 Å². The van der Waals surface area contributed by atoms with Gasteiger partial charge in [0.1, 0.15) is 0 Å². The lowest BCUT2D eigenvalue weighted by molar-refractivity contribution is -0.137. The summed E-state index contributed by atoms with van der Waals surface area (Å²) in [4.78, 5) is 0. The molecule has 0 aliphatic rings. The van der Waals surface area contributed by atoms with Gasteiger partial charge < -0.3 is 0 Å². The molecule has 0 fully saturated rings. The van der Waals surface area contributed by atoms with Gasteiger partial charge in [-0.05, 0) is 18.2 Å². The summed E-state index contributed by atoms with van der Waals surface area (Å²) in [5.41, 5.74) is 2.66. The fraction of sp³-hybridized carbons (Fsp3) is 0.143. The van der Waals surface area contributed by atoms with Gasteiger partial charge in [0.2, 0.25) is 0 Å². The van der Waals surface area contributed by atoms with E-state index >= 15 is 0 Å². The van der Waals surface area contributed by atoms with Crippen LogP contribution in [0, 0.1) is 0 Å². The van der Waals surface area contributed by atoms with Gasteiger partial charge in [-0.15, -0.1) is 5.59 Å². The van der Waals surface area contributed by atoms with Crippen LogP contribution in [-0.2, 0) is 6.18 Å². The Balaban J connectivity index is 3.06. The Morgan fingerprint density at radius 1 is 1.29 bits per heavy atom. The molecule has 14 heavy (non-hydrogen) atoms. The Kier molecular flexibility index (Phi) is 3.20. The van der Waals surface area contributed by atoms with Crippen molar-refractivity contribution in [2.24, 2.45) is 0 Å². The summed E-state index contributed by atoms with van der Waals surface area (Å²) in [6, 6.07) is 2.72. The Morgan fingerprint density at radius 3 is 2.43 bits per heavy atom. The van der Waals surface area contributed by atoms with Crippen LogP contribution in [0.4, 0.5) is 18.9 Å². The molecule has 0 radical (unpaired) electrons. The van der Waals surface area contributed by atoms with Crippen LogP contribution in [0.25, 0.3) is 0 Å². The highest BCUT2D eigenvalue weighted by molar-refractivity contribution is 6.33. The molecule has 0 saturated carbocycles. The van der Waals surface area contributed by atoms with Gasteiger partial charge in [-0.25, -0.2) is 0 Å². The summed E-state index contributed by atoms with van der Waals surface area (Å²) < 4.78 is 36.6. The van der Waals surface area contributed by atoms with Gasteiger partial charge in [-0.3, -0.25) is 10.6 Å². The van der Waals surface area contributed by atoms with Crippen molar-refractivity contribution >= 4 is 17.3 Å². The molecule has 0 amide bonds. The van der Waals surface area contributed by atoms with E-state index in [2.05, 4.69) is 5.43 Å². The number of anilines is 1. The molecule has 78 valence electrons. The third kappa shape index (κ3) is 2.50. The van der Waals surface area contributed by atoms with E-state index in [1.807, 2.05) is 0 Å². The SMILES string of the molecule is ONNc1cc(C(F)(F)F)ccc1Cl. The number of benzene rings is 1. The van der Waals surface area contributed by atoms with Crippen molar-refractivity contribution in [2.45, 2.75) is 6.18 Å². The Labute approximate surface area is 82.4 Å². The summed E-state index contributed by atoms with van der Waals surface area (Å²) in [5.74, 6) is 0. The first-order valence-electron chi connectivity index (χ1n) is 3.47. The highest BCUT2D eigenvalue weighted by Crippen LogP contribution is 2.33. The zero-order valence-electron chi connectivity index (χ0n) is 6.69. The molecule has 3 N–H and O–H groups in total. The van der Waals surface area contributed by atoms with E-state index in [0.717, 1.165) is 18.2 Å². The van der Waals surface area contributed by atoms with Crippen LogP contribution in [0.1, 0.15) is 5.56 Å². The lowest BCUT2D eigenvalue weighted by Crippen LogP contribution is -2.17. The number of hydrazine groups is 1. The zero-order chi connectivity index (χ0) is 10.8. The summed E-state index contributed by atoms with van der Waals surface area (Å²) in [6.07, 6.45) is -4.43. The second-order valence-electron chi connectivity index (χ2n) is 2.43. The molecule has 0 aliphatic heterocycles. The van der Waals surface area contributed by atoms with Gasteiger partial charge in [-0.1, -0.05) is 11.6 Å². The zero-order valence-corrected chi connectivity index (χ0v) is 7.45. The fourth-order valence-electron chi connectivity index (χ4n) is 0.858. The fourth-order valence-corrected chi connectivity index (χ4v) is 1.02. The minimum atomic E-state index is -4.43. The van der Waals surface area contributed by atoms with E-state index in [4.69, 9.17) is 16.8 Å². The minimum absolute atomic E-state index is 0.0519. The molecule has 0 unspecified atom stereocenters. The van der Waals surface area contributed by atoms with E-state index in [9.17, 15) is 13.2 Å². The van der Waals surface area contributed by atoms with E-state index in [0.29, 0.717) is 0 Å². The number of hydrogen-bond acceptors (Lipinski definition) is 3. The average Bonchev–Trinajstić information content (AvgIpc) is 2.07. The lowest BCUT2D eigenvalue weighted by Gasteiger charge is -2.10. The maximum absolute atomic E-state index is 12.2. The van der Waals surface area contributed by atoms with Crippen LogP contribution in [-0.4, -0.2) is 5.21 Å². The van der Waals surface area contributed by atoms with Gasteiger partial charge in [-0.2, -0.15) is 13.2 Å². The Hall–Kier alpha value is -0.980. The average molecular weight is 227 g/mol. The first-order valence-corrected chi connectivity index (χ1v) is 3.85. The smallest absolute Gasteiger partial charge is 0.298 e. The van der Waals surface area contributed by atoms with E-state index in [-0.39, 0.29) is 10.7 Å².